The van der Waals surface area contributed by atoms with Gasteiger partial charge in [0, 0.05) is 19.5 Å². The van der Waals surface area contributed by atoms with E-state index < -0.39 is 65.8 Å². The van der Waals surface area contributed by atoms with Crippen LogP contribution in [0.5, 0.6) is 0 Å². The SMILES string of the molecule is CC[C@H](C)[C@H](NC(=O)[C@@H]1CCCN1C(=O)[C@@H](NC(=O)[C@@H]1CCCN1C(=O)[C@@H](N)CCC(=O)O)[C@@H](C)CC)C(=O)O. The van der Waals surface area contributed by atoms with Gasteiger partial charge in [-0.3, -0.25) is 24.0 Å². The number of carbonyl (C=O) groups is 6. The first-order valence-corrected chi connectivity index (χ1v) is 14.3. The van der Waals surface area contributed by atoms with Crippen molar-refractivity contribution in [1.29, 1.82) is 0 Å². The van der Waals surface area contributed by atoms with Gasteiger partial charge in [-0.05, 0) is 43.9 Å². The predicted molar refractivity (Wildman–Crippen MR) is 145 cm³/mol. The van der Waals surface area contributed by atoms with Crippen molar-refractivity contribution in [2.45, 2.75) is 109 Å². The van der Waals surface area contributed by atoms with E-state index in [0.717, 1.165) is 0 Å². The minimum atomic E-state index is -1.14. The van der Waals surface area contributed by atoms with Crippen LogP contribution < -0.4 is 16.4 Å². The molecule has 0 bridgehead atoms. The Bertz CT molecular complexity index is 959. The molecule has 2 rings (SSSR count). The number of aliphatic carboxylic acids is 2. The zero-order chi connectivity index (χ0) is 30.1. The molecule has 226 valence electrons. The van der Waals surface area contributed by atoms with E-state index in [1.54, 1.807) is 6.92 Å². The molecule has 6 N–H and O–H groups in total. The Balaban J connectivity index is 2.16. The summed E-state index contributed by atoms with van der Waals surface area (Å²) in [6.45, 7) is 7.86. The summed E-state index contributed by atoms with van der Waals surface area (Å²) in [5, 5.41) is 23.9. The molecule has 2 fully saturated rings. The third-order valence-corrected chi connectivity index (χ3v) is 8.22. The molecule has 0 saturated carbocycles. The lowest BCUT2D eigenvalue weighted by molar-refractivity contribution is -0.146. The highest BCUT2D eigenvalue weighted by molar-refractivity contribution is 5.96. The summed E-state index contributed by atoms with van der Waals surface area (Å²) >= 11 is 0. The van der Waals surface area contributed by atoms with Gasteiger partial charge in [-0.25, -0.2) is 4.79 Å². The zero-order valence-electron chi connectivity index (χ0n) is 23.9. The molecule has 0 aromatic heterocycles. The van der Waals surface area contributed by atoms with Gasteiger partial charge in [-0.15, -0.1) is 0 Å². The minimum Gasteiger partial charge on any atom is -0.481 e. The first-order valence-electron chi connectivity index (χ1n) is 14.3. The highest BCUT2D eigenvalue weighted by Crippen LogP contribution is 2.24. The number of carboxylic acid groups (broad SMARTS) is 2. The van der Waals surface area contributed by atoms with E-state index in [1.165, 1.54) is 9.80 Å². The lowest BCUT2D eigenvalue weighted by Crippen LogP contribution is -2.59. The van der Waals surface area contributed by atoms with E-state index in [0.29, 0.717) is 51.6 Å². The number of amides is 4. The molecule has 2 heterocycles. The fourth-order valence-corrected chi connectivity index (χ4v) is 5.27. The van der Waals surface area contributed by atoms with Gasteiger partial charge >= 0.3 is 11.9 Å². The number of carbonyl (C=O) groups excluding carboxylic acids is 4. The number of carboxylic acids is 2. The van der Waals surface area contributed by atoms with Crippen molar-refractivity contribution in [2.24, 2.45) is 17.6 Å². The zero-order valence-corrected chi connectivity index (χ0v) is 23.9. The van der Waals surface area contributed by atoms with Crippen molar-refractivity contribution in [1.82, 2.24) is 20.4 Å². The normalized spacial score (nSPS) is 22.6. The van der Waals surface area contributed by atoms with Crippen molar-refractivity contribution >= 4 is 35.6 Å². The lowest BCUT2D eigenvalue weighted by Gasteiger charge is -2.33. The molecule has 40 heavy (non-hydrogen) atoms. The van der Waals surface area contributed by atoms with Crippen LogP contribution in [0, 0.1) is 11.8 Å². The first-order chi connectivity index (χ1) is 18.8. The monoisotopic (exact) mass is 567 g/mol. The quantitative estimate of drug-likeness (QED) is 0.196. The highest BCUT2D eigenvalue weighted by atomic mass is 16.4. The van der Waals surface area contributed by atoms with E-state index in [-0.39, 0.29) is 24.7 Å². The van der Waals surface area contributed by atoms with Crippen molar-refractivity contribution in [2.75, 3.05) is 13.1 Å². The molecule has 0 aromatic rings. The van der Waals surface area contributed by atoms with Crippen LogP contribution in [0.15, 0.2) is 0 Å². The molecule has 2 aliphatic heterocycles. The molecule has 0 aliphatic carbocycles. The van der Waals surface area contributed by atoms with E-state index in [2.05, 4.69) is 10.6 Å². The van der Waals surface area contributed by atoms with Crippen LogP contribution in [0.3, 0.4) is 0 Å². The Kier molecular flexibility index (Phi) is 12.3. The minimum absolute atomic E-state index is 0.0504. The van der Waals surface area contributed by atoms with Crippen molar-refractivity contribution < 1.29 is 39.0 Å². The summed E-state index contributed by atoms with van der Waals surface area (Å²) in [5.41, 5.74) is 5.91. The standard InChI is InChI=1S/C27H45N5O8/c1-5-15(3)21(29-23(35)18-9-7-13-31(18)25(37)17(28)11-12-20(33)34)26(38)32-14-8-10-19(32)24(36)30-22(27(39)40)16(4)6-2/h15-19,21-22H,5-14,28H2,1-4H3,(H,29,35)(H,30,36)(H,33,34)(H,39,40)/t15-,16-,17-,18-,19-,21-,22-/m0/s1. The Labute approximate surface area is 235 Å². The van der Waals surface area contributed by atoms with Gasteiger partial charge in [-0.2, -0.15) is 0 Å². The average molecular weight is 568 g/mol. The fourth-order valence-electron chi connectivity index (χ4n) is 5.27. The third kappa shape index (κ3) is 8.15. The maximum absolute atomic E-state index is 13.8. The second-order valence-electron chi connectivity index (χ2n) is 11.0. The Morgan fingerprint density at radius 1 is 0.800 bits per heavy atom. The van der Waals surface area contributed by atoms with Crippen LogP contribution in [-0.2, 0) is 28.8 Å². The largest absolute Gasteiger partial charge is 0.481 e. The molecule has 2 aliphatic rings. The number of nitrogens with two attached hydrogens (primary N) is 1. The molecule has 2 saturated heterocycles. The second-order valence-corrected chi connectivity index (χ2v) is 11.0. The van der Waals surface area contributed by atoms with Crippen LogP contribution in [0.2, 0.25) is 0 Å². The van der Waals surface area contributed by atoms with Crippen molar-refractivity contribution in [3.05, 3.63) is 0 Å². The fraction of sp³-hybridized carbons (Fsp3) is 0.778. The molecule has 0 aromatic carbocycles. The van der Waals surface area contributed by atoms with E-state index in [4.69, 9.17) is 10.8 Å². The Morgan fingerprint density at radius 2 is 1.25 bits per heavy atom. The first kappa shape index (κ1) is 33.0. The number of hydrogen-bond acceptors (Lipinski definition) is 7. The molecule has 13 heteroatoms. The average Bonchev–Trinajstić information content (AvgIpc) is 3.61. The molecule has 0 spiro atoms. The van der Waals surface area contributed by atoms with Gasteiger partial charge in [0.05, 0.1) is 6.04 Å². The summed E-state index contributed by atoms with van der Waals surface area (Å²) < 4.78 is 0. The summed E-state index contributed by atoms with van der Waals surface area (Å²) in [5.74, 6) is -4.75. The number of likely N-dealkylation sites (tertiary alicyclic amines) is 2. The van der Waals surface area contributed by atoms with Crippen LogP contribution in [0.1, 0.15) is 79.1 Å². The molecule has 0 unspecified atom stereocenters. The van der Waals surface area contributed by atoms with Gasteiger partial charge in [0.1, 0.15) is 24.2 Å². The Morgan fingerprint density at radius 3 is 1.70 bits per heavy atom. The third-order valence-electron chi connectivity index (χ3n) is 8.22. The van der Waals surface area contributed by atoms with Gasteiger partial charge < -0.3 is 36.4 Å². The molecule has 4 amide bonds. The van der Waals surface area contributed by atoms with Crippen LogP contribution >= 0.6 is 0 Å². The van der Waals surface area contributed by atoms with E-state index >= 15 is 0 Å². The van der Waals surface area contributed by atoms with E-state index in [9.17, 15) is 33.9 Å². The maximum atomic E-state index is 13.8. The summed E-state index contributed by atoms with van der Waals surface area (Å²) in [6, 6.07) is -4.77. The van der Waals surface area contributed by atoms with Gasteiger partial charge in [0.15, 0.2) is 0 Å². The smallest absolute Gasteiger partial charge is 0.326 e. The van der Waals surface area contributed by atoms with Crippen LogP contribution in [0.4, 0.5) is 0 Å². The number of nitrogens with one attached hydrogen (secondary N) is 2. The summed E-state index contributed by atoms with van der Waals surface area (Å²) in [6.07, 6.45) is 2.68. The van der Waals surface area contributed by atoms with Crippen LogP contribution in [0.25, 0.3) is 0 Å². The van der Waals surface area contributed by atoms with Crippen LogP contribution in [-0.4, -0.2) is 98.9 Å². The molecule has 0 radical (unpaired) electrons. The molecule has 7 atom stereocenters. The Hall–Kier alpha value is -3.22. The topological polar surface area (TPSA) is 199 Å². The lowest BCUT2D eigenvalue weighted by atomic mass is 9.96. The number of rotatable bonds is 14. The number of hydrogen-bond donors (Lipinski definition) is 5. The molecule has 13 nitrogen and oxygen atoms in total. The molecular weight excluding hydrogens is 522 g/mol. The van der Waals surface area contributed by atoms with E-state index in [1.807, 2.05) is 20.8 Å². The van der Waals surface area contributed by atoms with Crippen molar-refractivity contribution in [3.8, 4) is 0 Å². The maximum Gasteiger partial charge on any atom is 0.326 e. The predicted octanol–water partition coefficient (Wildman–Crippen LogP) is 0.307. The van der Waals surface area contributed by atoms with Gasteiger partial charge in [-0.1, -0.05) is 40.5 Å². The number of nitrogens with zero attached hydrogens (tertiary/aromatic N) is 2. The summed E-state index contributed by atoms with van der Waals surface area (Å²) in [7, 11) is 0. The van der Waals surface area contributed by atoms with Gasteiger partial charge in [0.2, 0.25) is 23.6 Å². The molecular formula is C27H45N5O8. The van der Waals surface area contributed by atoms with Crippen molar-refractivity contribution in [3.63, 3.8) is 0 Å². The summed E-state index contributed by atoms with van der Waals surface area (Å²) in [4.78, 5) is 78.5. The van der Waals surface area contributed by atoms with Gasteiger partial charge in [0.25, 0.3) is 0 Å². The highest BCUT2D eigenvalue weighted by Gasteiger charge is 2.42. The second kappa shape index (κ2) is 15.0.